The Morgan fingerprint density at radius 2 is 0.736 bits per heavy atom. The lowest BCUT2D eigenvalue weighted by Crippen LogP contribution is -2.08. The lowest BCUT2D eigenvalue weighted by Gasteiger charge is -2.11. The van der Waals surface area contributed by atoms with Crippen molar-refractivity contribution in [3.05, 3.63) is 179 Å². The van der Waals surface area contributed by atoms with Crippen LogP contribution in [0.2, 0.25) is 0 Å². The third-order valence-corrected chi connectivity index (χ3v) is 14.3. The van der Waals surface area contributed by atoms with Gasteiger partial charge in [-0.05, 0) is 96.8 Å². The Morgan fingerprint density at radius 1 is 0.375 bits per heavy atom. The first-order valence-corrected chi connectivity index (χ1v) is 26.4. The van der Waals surface area contributed by atoms with Crippen LogP contribution in [-0.4, -0.2) is 61.6 Å². The first-order chi connectivity index (χ1) is 34.0. The number of aryl methyl sites for hydroxylation is 2. The van der Waals surface area contributed by atoms with Crippen molar-refractivity contribution in [2.45, 2.75) is 32.4 Å². The average Bonchev–Trinajstić information content (AvgIpc) is 3.34. The number of fused-ring (bicyclic) bond motifs is 2. The predicted molar refractivity (Wildman–Crippen MR) is 259 cm³/mol. The molecule has 0 radical (unpaired) electrons. The molecule has 8 aromatic carbocycles. The molecule has 0 amide bonds. The molecule has 26 heteroatoms. The minimum Gasteiger partial charge on any atom is -0.594 e. The first-order valence-electron chi connectivity index (χ1n) is 20.6. The van der Waals surface area contributed by atoms with Crippen LogP contribution in [0.15, 0.2) is 208 Å². The van der Waals surface area contributed by atoms with Crippen molar-refractivity contribution in [1.82, 2.24) is 0 Å². The second-order valence-corrected chi connectivity index (χ2v) is 21.0. The van der Waals surface area contributed by atoms with Crippen molar-refractivity contribution in [2.24, 2.45) is 30.7 Å². The van der Waals surface area contributed by atoms with E-state index in [4.69, 9.17) is 0 Å². The third-order valence-electron chi connectivity index (χ3n) is 10.7. The van der Waals surface area contributed by atoms with Gasteiger partial charge in [-0.15, -0.1) is 10.2 Å². The molecule has 0 saturated heterocycles. The van der Waals surface area contributed by atoms with Crippen LogP contribution in [0.4, 0.5) is 45.5 Å². The van der Waals surface area contributed by atoms with Crippen molar-refractivity contribution in [2.75, 3.05) is 0 Å². The van der Waals surface area contributed by atoms with Gasteiger partial charge < -0.3 is 10.4 Å². The molecule has 366 valence electrons. The zero-order valence-corrected chi connectivity index (χ0v) is 39.8. The van der Waals surface area contributed by atoms with Gasteiger partial charge in [-0.25, -0.2) is 0 Å². The Hall–Kier alpha value is -8.08. The second kappa shape index (κ2) is 20.0. The van der Waals surface area contributed by atoms with Crippen molar-refractivity contribution in [1.29, 1.82) is 0 Å². The Bertz CT molecular complexity index is 3800. The molecule has 0 aliphatic carbocycles. The molecule has 0 aliphatic heterocycles. The van der Waals surface area contributed by atoms with Crippen LogP contribution in [0, 0.1) is 10.4 Å². The van der Waals surface area contributed by atoms with E-state index in [9.17, 15) is 62.3 Å². The standard InChI is InChI=1S/C46H34N8O14S4/c55-53(51-43-23-21-41(49-47-31-7-3-1-4-8-31)39-27-35(69(57,58)59)17-19-37(39)43)33-15-13-29(45(25-33)71(63,64)65)11-12-30-14-16-34(26-46(30)72(66,67)68)54(56)52-44-24-22-42(50-48-32-9-5-2-6-10-32)40-28-36(70(60,61)62)18-20-38(40)44/h1-10,13-28H,11-12H2,(H,57,58,59)(H,60,61,62)(H,63,64,65)(H,66,67,68). The molecule has 8 rings (SSSR count). The number of nitrogens with zero attached hydrogens (tertiary/aromatic N) is 8. The second-order valence-electron chi connectivity index (χ2n) is 15.4. The van der Waals surface area contributed by atoms with Crippen LogP contribution in [-0.2, 0) is 53.3 Å². The minimum absolute atomic E-state index is 0.0368. The summed E-state index contributed by atoms with van der Waals surface area (Å²) in [6.07, 6.45) is -0.631. The summed E-state index contributed by atoms with van der Waals surface area (Å²) >= 11 is 0. The number of hydrogen-bond donors (Lipinski definition) is 4. The topological polar surface area (TPSA) is 344 Å². The van der Waals surface area contributed by atoms with Crippen molar-refractivity contribution < 1.29 is 61.6 Å². The summed E-state index contributed by atoms with van der Waals surface area (Å²) in [5, 5.41) is 52.4. The van der Waals surface area contributed by atoms with E-state index in [2.05, 4.69) is 30.7 Å². The average molecular weight is 1050 g/mol. The lowest BCUT2D eigenvalue weighted by molar-refractivity contribution is -0.435. The van der Waals surface area contributed by atoms with Crippen molar-refractivity contribution >= 4 is 108 Å². The maximum absolute atomic E-state index is 13.5. The summed E-state index contributed by atoms with van der Waals surface area (Å²) in [7, 11) is -19.5. The molecule has 0 bridgehead atoms. The molecular formula is C46H34N8O14S4. The molecule has 0 spiro atoms. The van der Waals surface area contributed by atoms with E-state index in [1.165, 1.54) is 48.5 Å². The lowest BCUT2D eigenvalue weighted by atomic mass is 10.0. The van der Waals surface area contributed by atoms with E-state index in [0.717, 1.165) is 48.5 Å². The molecule has 0 heterocycles. The molecule has 8 aromatic rings. The van der Waals surface area contributed by atoms with E-state index in [1.54, 1.807) is 60.7 Å². The highest BCUT2D eigenvalue weighted by molar-refractivity contribution is 7.86. The van der Waals surface area contributed by atoms with Gasteiger partial charge in [-0.1, -0.05) is 70.4 Å². The molecule has 0 saturated carbocycles. The molecule has 22 nitrogen and oxygen atoms in total. The predicted octanol–water partition coefficient (Wildman–Crippen LogP) is 11.4. The van der Waals surface area contributed by atoms with E-state index >= 15 is 0 Å². The van der Waals surface area contributed by atoms with Gasteiger partial charge in [0.25, 0.3) is 40.5 Å². The molecule has 72 heavy (non-hydrogen) atoms. The van der Waals surface area contributed by atoms with E-state index in [1.807, 2.05) is 0 Å². The number of rotatable bonds is 15. The Morgan fingerprint density at radius 3 is 1.08 bits per heavy atom. The molecule has 0 unspecified atom stereocenters. The fourth-order valence-corrected chi connectivity index (χ4v) is 9.83. The Labute approximate surface area is 409 Å². The molecule has 0 aliphatic rings. The normalized spacial score (nSPS) is 13.2. The van der Waals surface area contributed by atoms with Crippen molar-refractivity contribution in [3.8, 4) is 0 Å². The van der Waals surface area contributed by atoms with Gasteiger partial charge in [0.2, 0.25) is 11.4 Å². The molecule has 0 atom stereocenters. The van der Waals surface area contributed by atoms with Crippen LogP contribution >= 0.6 is 0 Å². The van der Waals surface area contributed by atoms with Crippen LogP contribution in [0.1, 0.15) is 11.1 Å². The SMILES string of the molecule is O=S(=O)(O)c1ccc2c(N=[N+]([O-])c3ccc(CCc4ccc([N+]([O-])=Nc5ccc(N=Nc6ccccc6)c6cc(S(=O)(=O)O)ccc56)cc4S(=O)(=O)O)c(S(=O)(=O)O)c3)ccc(N=Nc3ccccc3)c2c1. The highest BCUT2D eigenvalue weighted by Gasteiger charge is 2.24. The first kappa shape index (κ1) is 50.3. The third kappa shape index (κ3) is 11.6. The van der Waals surface area contributed by atoms with Gasteiger partial charge in [0.05, 0.1) is 32.5 Å². The van der Waals surface area contributed by atoms with Crippen LogP contribution in [0.5, 0.6) is 0 Å². The highest BCUT2D eigenvalue weighted by Crippen LogP contribution is 2.39. The van der Waals surface area contributed by atoms with Crippen LogP contribution in [0.3, 0.4) is 0 Å². The van der Waals surface area contributed by atoms with E-state index in [0.29, 0.717) is 11.4 Å². The Kier molecular flexibility index (Phi) is 14.0. The van der Waals surface area contributed by atoms with Crippen LogP contribution < -0.4 is 0 Å². The number of hydrogen-bond acceptors (Lipinski definition) is 16. The smallest absolute Gasteiger partial charge is 0.295 e. The molecule has 0 fully saturated rings. The highest BCUT2D eigenvalue weighted by atomic mass is 32.2. The minimum atomic E-state index is -5.08. The summed E-state index contributed by atoms with van der Waals surface area (Å²) in [5.41, 5.74) is 0.0990. The zero-order chi connectivity index (χ0) is 51.6. The molecular weight excluding hydrogens is 1020 g/mol. The van der Waals surface area contributed by atoms with Gasteiger partial charge in [0.1, 0.15) is 21.2 Å². The zero-order valence-electron chi connectivity index (χ0n) is 36.5. The fourth-order valence-electron chi connectivity index (χ4n) is 7.27. The van der Waals surface area contributed by atoms with E-state index < -0.39 is 71.4 Å². The summed E-state index contributed by atoms with van der Waals surface area (Å²) in [6, 6.07) is 35.8. The summed E-state index contributed by atoms with van der Waals surface area (Å²) in [6.45, 7) is 0. The monoisotopic (exact) mass is 1050 g/mol. The van der Waals surface area contributed by atoms with Crippen molar-refractivity contribution in [3.63, 3.8) is 0 Å². The quantitative estimate of drug-likeness (QED) is 0.0321. The Balaban J connectivity index is 1.09. The van der Waals surface area contributed by atoms with Gasteiger partial charge in [0, 0.05) is 56.0 Å². The maximum atomic E-state index is 13.5. The molecule has 0 aromatic heterocycles. The maximum Gasteiger partial charge on any atom is 0.295 e. The summed E-state index contributed by atoms with van der Waals surface area (Å²) in [4.78, 5) is -2.42. The van der Waals surface area contributed by atoms with Crippen LogP contribution in [0.25, 0.3) is 21.5 Å². The van der Waals surface area contributed by atoms with E-state index in [-0.39, 0.29) is 78.0 Å². The summed E-state index contributed by atoms with van der Waals surface area (Å²) < 4.78 is 139. The largest absolute Gasteiger partial charge is 0.594 e. The number of benzene rings is 8. The number of azo groups is 4. The van der Waals surface area contributed by atoms with Gasteiger partial charge in [0.15, 0.2) is 0 Å². The van der Waals surface area contributed by atoms with Gasteiger partial charge >= 0.3 is 0 Å². The van der Waals surface area contributed by atoms with Gasteiger partial charge in [-0.2, -0.15) is 43.9 Å². The summed E-state index contributed by atoms with van der Waals surface area (Å²) in [5.74, 6) is 0. The van der Waals surface area contributed by atoms with Gasteiger partial charge in [-0.3, -0.25) is 18.2 Å². The molecule has 4 N–H and O–H groups in total. The fraction of sp³-hybridized carbons (Fsp3) is 0.0435.